The highest BCUT2D eigenvalue weighted by atomic mass is 32.2. The normalized spacial score (nSPS) is 18.8. The van der Waals surface area contributed by atoms with Crippen LogP contribution < -0.4 is 0 Å². The van der Waals surface area contributed by atoms with Gasteiger partial charge in [-0.05, 0) is 31.7 Å². The van der Waals surface area contributed by atoms with Crippen LogP contribution in [-0.4, -0.2) is 52.0 Å². The molecule has 0 bridgehead atoms. The molecule has 0 radical (unpaired) electrons. The molecule has 1 N–H and O–H groups in total. The molecule has 2 aromatic rings. The van der Waals surface area contributed by atoms with Crippen molar-refractivity contribution in [3.05, 3.63) is 29.8 Å². The molecule has 1 fully saturated rings. The molecular formula is C15H21N5O3S. The van der Waals surface area contributed by atoms with Crippen molar-refractivity contribution in [1.29, 1.82) is 0 Å². The number of likely N-dealkylation sites (tertiary alicyclic amines) is 1. The SMILES string of the molecule is Cc1cnn(CC(=O)N2CCCC[C@H]2c2[nH]ncc2S(C)(=O)=O)c1. The van der Waals surface area contributed by atoms with Gasteiger partial charge in [-0.2, -0.15) is 10.2 Å². The Kier molecular flexibility index (Phi) is 4.44. The Morgan fingerprint density at radius 2 is 2.17 bits per heavy atom. The van der Waals surface area contributed by atoms with E-state index in [1.807, 2.05) is 13.1 Å². The maximum absolute atomic E-state index is 12.7. The Morgan fingerprint density at radius 3 is 2.83 bits per heavy atom. The number of nitrogens with zero attached hydrogens (tertiary/aromatic N) is 4. The first-order chi connectivity index (χ1) is 11.4. The lowest BCUT2D eigenvalue weighted by Gasteiger charge is -2.35. The van der Waals surface area contributed by atoms with E-state index in [2.05, 4.69) is 15.3 Å². The zero-order valence-electron chi connectivity index (χ0n) is 13.8. The van der Waals surface area contributed by atoms with Gasteiger partial charge in [0, 0.05) is 19.0 Å². The van der Waals surface area contributed by atoms with Crippen molar-refractivity contribution in [1.82, 2.24) is 24.9 Å². The number of amides is 1. The number of aryl methyl sites for hydroxylation is 1. The molecule has 2 aromatic heterocycles. The molecule has 3 heterocycles. The number of hydrogen-bond acceptors (Lipinski definition) is 5. The van der Waals surface area contributed by atoms with Crippen molar-refractivity contribution in [2.24, 2.45) is 0 Å². The van der Waals surface area contributed by atoms with Crippen molar-refractivity contribution in [2.75, 3.05) is 12.8 Å². The second kappa shape index (κ2) is 6.39. The van der Waals surface area contributed by atoms with E-state index in [0.29, 0.717) is 18.7 Å². The van der Waals surface area contributed by atoms with Gasteiger partial charge < -0.3 is 4.90 Å². The summed E-state index contributed by atoms with van der Waals surface area (Å²) < 4.78 is 25.5. The fraction of sp³-hybridized carbons (Fsp3) is 0.533. The third-order valence-electron chi connectivity index (χ3n) is 4.25. The molecule has 1 aliphatic rings. The van der Waals surface area contributed by atoms with Crippen molar-refractivity contribution in [3.63, 3.8) is 0 Å². The van der Waals surface area contributed by atoms with E-state index >= 15 is 0 Å². The van der Waals surface area contributed by atoms with E-state index < -0.39 is 9.84 Å². The Bertz CT molecular complexity index is 839. The molecule has 0 aliphatic carbocycles. The number of carbonyl (C=O) groups is 1. The molecule has 1 aliphatic heterocycles. The predicted molar refractivity (Wildman–Crippen MR) is 87.0 cm³/mol. The van der Waals surface area contributed by atoms with Crippen LogP contribution in [0, 0.1) is 6.92 Å². The van der Waals surface area contributed by atoms with Crippen LogP contribution in [0.25, 0.3) is 0 Å². The summed E-state index contributed by atoms with van der Waals surface area (Å²) in [7, 11) is -3.39. The molecule has 9 heteroatoms. The van der Waals surface area contributed by atoms with Crippen LogP contribution in [0.2, 0.25) is 0 Å². The highest BCUT2D eigenvalue weighted by molar-refractivity contribution is 7.90. The van der Waals surface area contributed by atoms with Crippen LogP contribution in [0.4, 0.5) is 0 Å². The summed E-state index contributed by atoms with van der Waals surface area (Å²) in [5.74, 6) is -0.0724. The fourth-order valence-corrected chi connectivity index (χ4v) is 3.96. The lowest BCUT2D eigenvalue weighted by Crippen LogP contribution is -2.41. The van der Waals surface area contributed by atoms with Crippen molar-refractivity contribution in [2.45, 2.75) is 43.7 Å². The van der Waals surface area contributed by atoms with Gasteiger partial charge in [0.2, 0.25) is 5.91 Å². The Hall–Kier alpha value is -2.16. The Labute approximate surface area is 140 Å². The van der Waals surface area contributed by atoms with Crippen molar-refractivity contribution in [3.8, 4) is 0 Å². The third-order valence-corrected chi connectivity index (χ3v) is 5.37. The van der Waals surface area contributed by atoms with E-state index in [1.165, 1.54) is 6.20 Å². The third kappa shape index (κ3) is 3.35. The van der Waals surface area contributed by atoms with Gasteiger partial charge in [0.05, 0.1) is 24.1 Å². The lowest BCUT2D eigenvalue weighted by molar-refractivity contribution is -0.136. The molecule has 8 nitrogen and oxygen atoms in total. The smallest absolute Gasteiger partial charge is 0.244 e. The van der Waals surface area contributed by atoms with E-state index in [9.17, 15) is 13.2 Å². The van der Waals surface area contributed by atoms with Gasteiger partial charge in [-0.1, -0.05) is 0 Å². The van der Waals surface area contributed by atoms with Gasteiger partial charge in [0.1, 0.15) is 11.4 Å². The molecule has 130 valence electrons. The number of piperidine rings is 1. The van der Waals surface area contributed by atoms with E-state index in [-0.39, 0.29) is 23.4 Å². The maximum atomic E-state index is 12.7. The largest absolute Gasteiger partial charge is 0.332 e. The predicted octanol–water partition coefficient (Wildman–Crippen LogP) is 1.07. The van der Waals surface area contributed by atoms with Gasteiger partial charge in [-0.25, -0.2) is 8.42 Å². The van der Waals surface area contributed by atoms with E-state index in [1.54, 1.807) is 15.8 Å². The number of aromatic amines is 1. The molecule has 1 saturated heterocycles. The van der Waals surface area contributed by atoms with E-state index in [4.69, 9.17) is 0 Å². The maximum Gasteiger partial charge on any atom is 0.244 e. The zero-order chi connectivity index (χ0) is 17.3. The highest BCUT2D eigenvalue weighted by Gasteiger charge is 2.32. The summed E-state index contributed by atoms with van der Waals surface area (Å²) in [4.78, 5) is 14.6. The molecule has 0 spiro atoms. The summed E-state index contributed by atoms with van der Waals surface area (Å²) in [6.45, 7) is 2.67. The average Bonchev–Trinajstić information content (AvgIpc) is 3.16. The minimum absolute atomic E-state index is 0.0724. The quantitative estimate of drug-likeness (QED) is 0.888. The Morgan fingerprint density at radius 1 is 1.38 bits per heavy atom. The molecule has 0 aromatic carbocycles. The lowest BCUT2D eigenvalue weighted by atomic mass is 9.99. The number of H-pyrrole nitrogens is 1. The van der Waals surface area contributed by atoms with Gasteiger partial charge in [0.25, 0.3) is 0 Å². The van der Waals surface area contributed by atoms with Crippen LogP contribution in [0.15, 0.2) is 23.5 Å². The summed E-state index contributed by atoms with van der Waals surface area (Å²) >= 11 is 0. The number of rotatable bonds is 4. The molecule has 0 unspecified atom stereocenters. The highest BCUT2D eigenvalue weighted by Crippen LogP contribution is 2.33. The van der Waals surface area contributed by atoms with Crippen LogP contribution in [0.1, 0.15) is 36.6 Å². The fourth-order valence-electron chi connectivity index (χ4n) is 3.13. The van der Waals surface area contributed by atoms with Crippen LogP contribution in [0.3, 0.4) is 0 Å². The summed E-state index contributed by atoms with van der Waals surface area (Å²) in [6, 6.07) is -0.296. The molecular weight excluding hydrogens is 330 g/mol. The first-order valence-corrected chi connectivity index (χ1v) is 9.77. The second-order valence-corrected chi connectivity index (χ2v) is 8.22. The number of nitrogens with one attached hydrogen (secondary N) is 1. The average molecular weight is 351 g/mol. The molecule has 1 amide bonds. The van der Waals surface area contributed by atoms with Crippen molar-refractivity contribution >= 4 is 15.7 Å². The van der Waals surface area contributed by atoms with Gasteiger partial charge in [-0.3, -0.25) is 14.6 Å². The van der Waals surface area contributed by atoms with Gasteiger partial charge in [-0.15, -0.1) is 0 Å². The second-order valence-electron chi connectivity index (χ2n) is 6.23. The monoisotopic (exact) mass is 351 g/mol. The minimum Gasteiger partial charge on any atom is -0.332 e. The molecule has 1 atom stereocenters. The number of carbonyl (C=O) groups excluding carboxylic acids is 1. The van der Waals surface area contributed by atoms with Crippen LogP contribution in [0.5, 0.6) is 0 Å². The Balaban J connectivity index is 1.86. The standard InChI is InChI=1S/C15H21N5O3S/c1-11-7-17-19(9-11)10-14(21)20-6-4-3-5-12(20)15-13(8-16-18-15)24(2,22)23/h7-9,12H,3-6,10H2,1-2H3,(H,16,18)/t12-/m0/s1. The topological polar surface area (TPSA) is 101 Å². The first kappa shape index (κ1) is 16.7. The number of aromatic nitrogens is 4. The van der Waals surface area contributed by atoms with Crippen LogP contribution >= 0.6 is 0 Å². The summed E-state index contributed by atoms with van der Waals surface area (Å²) in [5.41, 5.74) is 1.49. The van der Waals surface area contributed by atoms with Gasteiger partial charge >= 0.3 is 0 Å². The molecule has 0 saturated carbocycles. The summed E-state index contributed by atoms with van der Waals surface area (Å²) in [6.07, 6.45) is 8.56. The zero-order valence-corrected chi connectivity index (χ0v) is 14.6. The van der Waals surface area contributed by atoms with E-state index in [0.717, 1.165) is 24.7 Å². The van der Waals surface area contributed by atoms with Crippen LogP contribution in [-0.2, 0) is 21.2 Å². The molecule has 3 rings (SSSR count). The number of sulfone groups is 1. The van der Waals surface area contributed by atoms with Gasteiger partial charge in [0.15, 0.2) is 9.84 Å². The van der Waals surface area contributed by atoms with Crippen molar-refractivity contribution < 1.29 is 13.2 Å². The number of hydrogen-bond donors (Lipinski definition) is 1. The summed E-state index contributed by atoms with van der Waals surface area (Å²) in [5, 5.41) is 10.8. The molecule has 24 heavy (non-hydrogen) atoms. The first-order valence-electron chi connectivity index (χ1n) is 7.88. The minimum atomic E-state index is -3.39.